The van der Waals surface area contributed by atoms with Gasteiger partial charge in [0.15, 0.2) is 11.5 Å². The fourth-order valence-electron chi connectivity index (χ4n) is 1.92. The number of halogens is 1. The Labute approximate surface area is 134 Å². The quantitative estimate of drug-likeness (QED) is 0.826. The van der Waals surface area contributed by atoms with Crippen molar-refractivity contribution in [3.63, 3.8) is 0 Å². The van der Waals surface area contributed by atoms with E-state index < -0.39 is 0 Å². The van der Waals surface area contributed by atoms with Crippen LogP contribution in [0.2, 0.25) is 5.02 Å². The molecule has 21 heavy (non-hydrogen) atoms. The summed E-state index contributed by atoms with van der Waals surface area (Å²) < 4.78 is 11.1. The van der Waals surface area contributed by atoms with Gasteiger partial charge in [0.25, 0.3) is 0 Å². The first kappa shape index (κ1) is 15.6. The van der Waals surface area contributed by atoms with E-state index >= 15 is 0 Å². The molecule has 0 aromatic heterocycles. The molecule has 2 aromatic rings. The molecule has 0 spiro atoms. The van der Waals surface area contributed by atoms with E-state index in [-0.39, 0.29) is 4.99 Å². The Morgan fingerprint density at radius 2 is 1.95 bits per heavy atom. The van der Waals surface area contributed by atoms with E-state index in [1.54, 1.807) is 19.2 Å². The van der Waals surface area contributed by atoms with Crippen LogP contribution in [0.5, 0.6) is 11.5 Å². The molecule has 0 aliphatic heterocycles. The van der Waals surface area contributed by atoms with Crippen LogP contribution in [0, 0.1) is 0 Å². The summed E-state index contributed by atoms with van der Waals surface area (Å²) in [6, 6.07) is 13.5. The highest BCUT2D eigenvalue weighted by Crippen LogP contribution is 2.36. The molecule has 0 saturated carbocycles. The minimum atomic E-state index is 0.269. The molecule has 0 heterocycles. The monoisotopic (exact) mass is 321 g/mol. The molecule has 5 heteroatoms. The van der Waals surface area contributed by atoms with Gasteiger partial charge in [0.2, 0.25) is 0 Å². The van der Waals surface area contributed by atoms with Crippen molar-refractivity contribution in [2.24, 2.45) is 5.73 Å². The third kappa shape index (κ3) is 4.09. The van der Waals surface area contributed by atoms with Crippen LogP contribution in [0.25, 0.3) is 0 Å². The molecule has 0 aliphatic carbocycles. The van der Waals surface area contributed by atoms with Gasteiger partial charge in [-0.25, -0.2) is 0 Å². The normalized spacial score (nSPS) is 10.2. The van der Waals surface area contributed by atoms with Crippen LogP contribution in [0.15, 0.2) is 42.5 Å². The van der Waals surface area contributed by atoms with Gasteiger partial charge in [-0.3, -0.25) is 0 Å². The van der Waals surface area contributed by atoms with Crippen molar-refractivity contribution in [1.82, 2.24) is 0 Å². The second kappa shape index (κ2) is 7.29. The standard InChI is InChI=1S/C16H16ClNO2S/c1-19-14-10-12(16(18)21)9-13(17)15(14)20-8-7-11-5-3-2-4-6-11/h2-6,9-10H,7-8H2,1H3,(H2,18,21). The molecule has 0 aliphatic rings. The zero-order valence-corrected chi connectivity index (χ0v) is 13.2. The molecular formula is C16H16ClNO2S. The maximum absolute atomic E-state index is 6.22. The summed E-state index contributed by atoms with van der Waals surface area (Å²) in [4.78, 5) is 0.269. The lowest BCUT2D eigenvalue weighted by atomic mass is 10.1. The minimum Gasteiger partial charge on any atom is -0.493 e. The Morgan fingerprint density at radius 1 is 1.24 bits per heavy atom. The first-order chi connectivity index (χ1) is 10.1. The van der Waals surface area contributed by atoms with E-state index in [1.807, 2.05) is 18.2 Å². The number of methoxy groups -OCH3 is 1. The highest BCUT2D eigenvalue weighted by molar-refractivity contribution is 7.80. The van der Waals surface area contributed by atoms with Gasteiger partial charge in [-0.1, -0.05) is 54.2 Å². The summed E-state index contributed by atoms with van der Waals surface area (Å²) in [6.07, 6.45) is 0.789. The summed E-state index contributed by atoms with van der Waals surface area (Å²) in [5.41, 5.74) is 7.46. The smallest absolute Gasteiger partial charge is 0.179 e. The predicted molar refractivity (Wildman–Crippen MR) is 89.5 cm³/mol. The molecule has 3 nitrogen and oxygen atoms in total. The Bertz CT molecular complexity index is 632. The lowest BCUT2D eigenvalue weighted by molar-refractivity contribution is 0.298. The average molecular weight is 322 g/mol. The van der Waals surface area contributed by atoms with Crippen molar-refractivity contribution in [2.75, 3.05) is 13.7 Å². The first-order valence-corrected chi connectivity index (χ1v) is 7.24. The summed E-state index contributed by atoms with van der Waals surface area (Å²) in [5.74, 6) is 1.04. The van der Waals surface area contributed by atoms with Gasteiger partial charge in [0, 0.05) is 12.0 Å². The van der Waals surface area contributed by atoms with Gasteiger partial charge in [-0.15, -0.1) is 0 Å². The molecule has 2 rings (SSSR count). The second-order valence-electron chi connectivity index (χ2n) is 4.44. The zero-order chi connectivity index (χ0) is 15.2. The summed E-state index contributed by atoms with van der Waals surface area (Å²) >= 11 is 11.2. The number of hydrogen-bond acceptors (Lipinski definition) is 3. The van der Waals surface area contributed by atoms with Gasteiger partial charge in [-0.05, 0) is 17.7 Å². The van der Waals surface area contributed by atoms with Crippen LogP contribution in [-0.4, -0.2) is 18.7 Å². The number of thiocarbonyl (C=S) groups is 1. The van der Waals surface area contributed by atoms with Crippen LogP contribution in [-0.2, 0) is 6.42 Å². The van der Waals surface area contributed by atoms with Gasteiger partial charge in [0.1, 0.15) is 4.99 Å². The van der Waals surface area contributed by atoms with E-state index in [4.69, 9.17) is 39.0 Å². The van der Waals surface area contributed by atoms with Crippen LogP contribution in [0.3, 0.4) is 0 Å². The minimum absolute atomic E-state index is 0.269. The SMILES string of the molecule is COc1cc(C(N)=S)cc(Cl)c1OCCc1ccccc1. The number of ether oxygens (including phenoxy) is 2. The maximum atomic E-state index is 6.22. The molecule has 110 valence electrons. The van der Waals surface area contributed by atoms with E-state index in [1.165, 1.54) is 5.56 Å². The Balaban J connectivity index is 2.10. The lowest BCUT2D eigenvalue weighted by Gasteiger charge is -2.14. The predicted octanol–water partition coefficient (Wildman–Crippen LogP) is 3.60. The topological polar surface area (TPSA) is 44.5 Å². The molecule has 0 atom stereocenters. The third-order valence-corrected chi connectivity index (χ3v) is 3.51. The van der Waals surface area contributed by atoms with Crippen molar-refractivity contribution >= 4 is 28.8 Å². The summed E-state index contributed by atoms with van der Waals surface area (Å²) in [7, 11) is 1.55. The fourth-order valence-corrected chi connectivity index (χ4v) is 2.30. The van der Waals surface area contributed by atoms with Crippen LogP contribution in [0.4, 0.5) is 0 Å². The molecule has 0 amide bonds. The molecule has 0 radical (unpaired) electrons. The van der Waals surface area contributed by atoms with Gasteiger partial charge < -0.3 is 15.2 Å². The van der Waals surface area contributed by atoms with Crippen molar-refractivity contribution in [2.45, 2.75) is 6.42 Å². The number of nitrogens with two attached hydrogens (primary N) is 1. The van der Waals surface area contributed by atoms with Crippen LogP contribution in [0.1, 0.15) is 11.1 Å². The fraction of sp³-hybridized carbons (Fsp3) is 0.188. The van der Waals surface area contributed by atoms with Crippen molar-refractivity contribution < 1.29 is 9.47 Å². The van der Waals surface area contributed by atoms with Crippen molar-refractivity contribution in [1.29, 1.82) is 0 Å². The van der Waals surface area contributed by atoms with E-state index in [2.05, 4.69) is 12.1 Å². The van der Waals surface area contributed by atoms with E-state index in [0.29, 0.717) is 28.7 Å². The highest BCUT2D eigenvalue weighted by Gasteiger charge is 2.13. The van der Waals surface area contributed by atoms with Crippen LogP contribution >= 0.6 is 23.8 Å². The van der Waals surface area contributed by atoms with Gasteiger partial charge >= 0.3 is 0 Å². The molecule has 2 N–H and O–H groups in total. The Morgan fingerprint density at radius 3 is 2.57 bits per heavy atom. The molecule has 0 unspecified atom stereocenters. The second-order valence-corrected chi connectivity index (χ2v) is 5.28. The van der Waals surface area contributed by atoms with Crippen LogP contribution < -0.4 is 15.2 Å². The average Bonchev–Trinajstić information content (AvgIpc) is 2.49. The molecule has 0 fully saturated rings. The van der Waals surface area contributed by atoms with E-state index in [0.717, 1.165) is 6.42 Å². The summed E-state index contributed by atoms with van der Waals surface area (Å²) in [5, 5.41) is 0.435. The Hall–Kier alpha value is -1.78. The van der Waals surface area contributed by atoms with Crippen molar-refractivity contribution in [3.05, 3.63) is 58.6 Å². The number of hydrogen-bond donors (Lipinski definition) is 1. The van der Waals surface area contributed by atoms with Gasteiger partial charge in [-0.2, -0.15) is 0 Å². The third-order valence-electron chi connectivity index (χ3n) is 2.99. The van der Waals surface area contributed by atoms with E-state index in [9.17, 15) is 0 Å². The summed E-state index contributed by atoms with van der Waals surface area (Å²) in [6.45, 7) is 0.506. The molecule has 2 aromatic carbocycles. The largest absolute Gasteiger partial charge is 0.493 e. The molecule has 0 bridgehead atoms. The maximum Gasteiger partial charge on any atom is 0.179 e. The van der Waals surface area contributed by atoms with Crippen molar-refractivity contribution in [3.8, 4) is 11.5 Å². The zero-order valence-electron chi connectivity index (χ0n) is 11.6. The molecule has 0 saturated heterocycles. The van der Waals surface area contributed by atoms with Gasteiger partial charge in [0.05, 0.1) is 18.7 Å². The molecular weight excluding hydrogens is 306 g/mol. The first-order valence-electron chi connectivity index (χ1n) is 6.46. The lowest BCUT2D eigenvalue weighted by Crippen LogP contribution is -2.10. The number of benzene rings is 2. The Kier molecular flexibility index (Phi) is 5.42. The number of rotatable bonds is 6. The highest BCUT2D eigenvalue weighted by atomic mass is 35.5.